The molecule has 0 bridgehead atoms. The van der Waals surface area contributed by atoms with E-state index in [1.54, 1.807) is 0 Å². The van der Waals surface area contributed by atoms with Crippen LogP contribution < -0.4 is 10.6 Å². The van der Waals surface area contributed by atoms with Crippen molar-refractivity contribution in [3.05, 3.63) is 71.9 Å². The Kier molecular flexibility index (Phi) is 7.04. The van der Waals surface area contributed by atoms with Crippen LogP contribution in [-0.4, -0.2) is 30.3 Å². The van der Waals surface area contributed by atoms with Gasteiger partial charge in [0.1, 0.15) is 25.1 Å². The van der Waals surface area contributed by atoms with Crippen LogP contribution in [0.5, 0.6) is 5.75 Å². The number of allylic oxidation sites excluding steroid dienone is 5. The molecule has 2 rings (SSSR count). The first-order chi connectivity index (χ1) is 12.1. The van der Waals surface area contributed by atoms with E-state index in [2.05, 4.69) is 42.9 Å². The zero-order chi connectivity index (χ0) is 18.1. The fraction of sp³-hybridized carbons (Fsp3) is 0.250. The Labute approximate surface area is 148 Å². The van der Waals surface area contributed by atoms with Crippen molar-refractivity contribution in [2.45, 2.75) is 19.4 Å². The van der Waals surface area contributed by atoms with Gasteiger partial charge in [0.15, 0.2) is 0 Å². The Balaban J connectivity index is 1.84. The highest BCUT2D eigenvalue weighted by atomic mass is 16.5. The zero-order valence-electron chi connectivity index (χ0n) is 14.4. The second-order valence-electron chi connectivity index (χ2n) is 5.67. The number of nitrogens with two attached hydrogens (primary N) is 1. The van der Waals surface area contributed by atoms with E-state index in [0.29, 0.717) is 5.75 Å². The number of rotatable bonds is 7. The van der Waals surface area contributed by atoms with E-state index in [0.717, 1.165) is 12.0 Å². The Morgan fingerprint density at radius 2 is 2.12 bits per heavy atom. The molecule has 5 nitrogen and oxygen atoms in total. The number of aliphatic hydroxyl groups excluding tert-OH is 1. The lowest BCUT2D eigenvalue weighted by Gasteiger charge is -2.13. The summed E-state index contributed by atoms with van der Waals surface area (Å²) in [5.74, 6) is 5.96. The molecular weight excluding hydrogens is 316 g/mol. The number of benzene rings is 1. The molecule has 0 fully saturated rings. The highest BCUT2D eigenvalue weighted by Crippen LogP contribution is 2.23. The van der Waals surface area contributed by atoms with Crippen LogP contribution in [0.15, 0.2) is 71.4 Å². The van der Waals surface area contributed by atoms with E-state index < -0.39 is 6.10 Å². The molecule has 1 unspecified atom stereocenters. The van der Waals surface area contributed by atoms with Crippen LogP contribution in [-0.2, 0) is 4.74 Å². The molecule has 0 saturated heterocycles. The molecule has 0 radical (unpaired) electrons. The van der Waals surface area contributed by atoms with Crippen molar-refractivity contribution in [2.24, 2.45) is 10.9 Å². The fourth-order valence-corrected chi connectivity index (χ4v) is 2.28. The topological polar surface area (TPSA) is 77.1 Å². The van der Waals surface area contributed by atoms with Gasteiger partial charge in [-0.1, -0.05) is 43.0 Å². The van der Waals surface area contributed by atoms with Crippen molar-refractivity contribution < 1.29 is 14.6 Å². The Morgan fingerprint density at radius 1 is 1.36 bits per heavy atom. The number of hydrogen-bond acceptors (Lipinski definition) is 5. The van der Waals surface area contributed by atoms with E-state index in [1.807, 2.05) is 24.3 Å². The van der Waals surface area contributed by atoms with Gasteiger partial charge in [-0.15, -0.1) is 5.10 Å². The molecule has 1 aliphatic carbocycles. The van der Waals surface area contributed by atoms with Gasteiger partial charge in [0.2, 0.25) is 5.90 Å². The molecule has 25 heavy (non-hydrogen) atoms. The van der Waals surface area contributed by atoms with Crippen LogP contribution in [0.25, 0.3) is 6.08 Å². The highest BCUT2D eigenvalue weighted by molar-refractivity contribution is 5.86. The predicted molar refractivity (Wildman–Crippen MR) is 101 cm³/mol. The van der Waals surface area contributed by atoms with Crippen LogP contribution in [0.2, 0.25) is 0 Å². The van der Waals surface area contributed by atoms with E-state index in [-0.39, 0.29) is 19.1 Å². The first-order valence-electron chi connectivity index (χ1n) is 8.10. The maximum absolute atomic E-state index is 9.85. The van der Waals surface area contributed by atoms with Gasteiger partial charge in [-0.05, 0) is 48.3 Å². The lowest BCUT2D eigenvalue weighted by Crippen LogP contribution is -2.25. The zero-order valence-corrected chi connectivity index (χ0v) is 14.4. The number of hydrogen-bond donors (Lipinski definition) is 2. The highest BCUT2D eigenvalue weighted by Gasteiger charge is 2.08. The van der Waals surface area contributed by atoms with E-state index in [1.165, 1.54) is 17.2 Å². The minimum absolute atomic E-state index is 0.0331. The molecular formula is C20H24N2O3. The number of ether oxygens (including phenoxy) is 2. The van der Waals surface area contributed by atoms with Gasteiger partial charge in [-0.3, -0.25) is 0 Å². The average Bonchev–Trinajstić information content (AvgIpc) is 2.64. The first-order valence-corrected chi connectivity index (χ1v) is 8.10. The van der Waals surface area contributed by atoms with Crippen molar-refractivity contribution >= 4 is 12.0 Å². The molecule has 0 heterocycles. The van der Waals surface area contributed by atoms with Gasteiger partial charge in [0, 0.05) is 0 Å². The molecule has 5 heteroatoms. The normalized spacial score (nSPS) is 17.1. The van der Waals surface area contributed by atoms with Gasteiger partial charge in [0.25, 0.3) is 0 Å². The summed E-state index contributed by atoms with van der Waals surface area (Å²) in [6, 6.07) is 7.75. The molecule has 1 aromatic rings. The standard InChI is InChI=1S/C20H24N2O3/c1-3-20(22-21)25-14-18(23)13-24-19-10-8-16(9-11-19)12-17-7-5-4-6-15(17)2/h3-6,8-12,18,23H,1,7,13-14,21H2,2H3. The first kappa shape index (κ1) is 18.5. The van der Waals surface area contributed by atoms with Crippen molar-refractivity contribution in [3.63, 3.8) is 0 Å². The van der Waals surface area contributed by atoms with Crippen LogP contribution >= 0.6 is 0 Å². The smallest absolute Gasteiger partial charge is 0.229 e. The summed E-state index contributed by atoms with van der Waals surface area (Å²) in [5, 5.41) is 13.2. The van der Waals surface area contributed by atoms with E-state index in [4.69, 9.17) is 15.3 Å². The van der Waals surface area contributed by atoms with Gasteiger partial charge in [-0.2, -0.15) is 0 Å². The summed E-state index contributed by atoms with van der Waals surface area (Å²) in [6.07, 6.45) is 10.0. The van der Waals surface area contributed by atoms with Crippen LogP contribution in [0.3, 0.4) is 0 Å². The summed E-state index contributed by atoms with van der Waals surface area (Å²) in [4.78, 5) is 0. The molecule has 1 atom stereocenters. The van der Waals surface area contributed by atoms with Crippen molar-refractivity contribution in [1.29, 1.82) is 0 Å². The molecule has 3 N–H and O–H groups in total. The maximum Gasteiger partial charge on any atom is 0.229 e. The quantitative estimate of drug-likeness (QED) is 0.346. The fourth-order valence-electron chi connectivity index (χ4n) is 2.28. The largest absolute Gasteiger partial charge is 0.491 e. The molecule has 0 saturated carbocycles. The molecule has 1 aliphatic rings. The summed E-state index contributed by atoms with van der Waals surface area (Å²) < 4.78 is 10.7. The van der Waals surface area contributed by atoms with E-state index in [9.17, 15) is 5.11 Å². The number of nitrogens with zero attached hydrogens (tertiary/aromatic N) is 1. The summed E-state index contributed by atoms with van der Waals surface area (Å²) in [7, 11) is 0. The molecule has 0 amide bonds. The summed E-state index contributed by atoms with van der Waals surface area (Å²) in [5.41, 5.74) is 3.71. The minimum atomic E-state index is -0.791. The van der Waals surface area contributed by atoms with Gasteiger partial charge >= 0.3 is 0 Å². The molecule has 0 aliphatic heterocycles. The number of aliphatic hydroxyl groups is 1. The second kappa shape index (κ2) is 9.49. The summed E-state index contributed by atoms with van der Waals surface area (Å²) in [6.45, 7) is 5.76. The number of hydrazone groups is 1. The predicted octanol–water partition coefficient (Wildman–Crippen LogP) is 3.19. The van der Waals surface area contributed by atoms with Crippen molar-refractivity contribution in [1.82, 2.24) is 0 Å². The average molecular weight is 340 g/mol. The van der Waals surface area contributed by atoms with E-state index >= 15 is 0 Å². The van der Waals surface area contributed by atoms with Crippen LogP contribution in [0.1, 0.15) is 18.9 Å². The van der Waals surface area contributed by atoms with Gasteiger partial charge in [0.05, 0.1) is 0 Å². The lowest BCUT2D eigenvalue weighted by molar-refractivity contribution is 0.0588. The SMILES string of the molecule is C=CC(=NN)OCC(O)COc1ccc(C=C2CC=CC=C2C)cc1. The second-order valence-corrected chi connectivity index (χ2v) is 5.67. The van der Waals surface area contributed by atoms with Crippen LogP contribution in [0, 0.1) is 0 Å². The minimum Gasteiger partial charge on any atom is -0.491 e. The monoisotopic (exact) mass is 340 g/mol. The molecule has 132 valence electrons. The van der Waals surface area contributed by atoms with Crippen molar-refractivity contribution in [2.75, 3.05) is 13.2 Å². The van der Waals surface area contributed by atoms with Gasteiger partial charge in [-0.25, -0.2) is 0 Å². The molecule has 0 spiro atoms. The third kappa shape index (κ3) is 5.97. The third-order valence-electron chi connectivity index (χ3n) is 3.72. The Bertz CT molecular complexity index is 700. The lowest BCUT2D eigenvalue weighted by atomic mass is 9.97. The Morgan fingerprint density at radius 3 is 2.76 bits per heavy atom. The van der Waals surface area contributed by atoms with Crippen molar-refractivity contribution in [3.8, 4) is 5.75 Å². The van der Waals surface area contributed by atoms with Crippen LogP contribution in [0.4, 0.5) is 0 Å². The maximum atomic E-state index is 9.85. The summed E-state index contributed by atoms with van der Waals surface area (Å²) >= 11 is 0. The molecule has 0 aromatic heterocycles. The third-order valence-corrected chi connectivity index (χ3v) is 3.72. The van der Waals surface area contributed by atoms with Gasteiger partial charge < -0.3 is 20.4 Å². The molecule has 1 aromatic carbocycles. The Hall–Kier alpha value is -2.79.